The lowest BCUT2D eigenvalue weighted by Gasteiger charge is -2.24. The molecule has 0 saturated heterocycles. The molecule has 0 aliphatic carbocycles. The predicted octanol–water partition coefficient (Wildman–Crippen LogP) is 2.63. The summed E-state index contributed by atoms with van der Waals surface area (Å²) in [6.45, 7) is 7.95. The van der Waals surface area contributed by atoms with Crippen molar-refractivity contribution in [2.75, 3.05) is 11.9 Å². The maximum Gasteiger partial charge on any atom is 0.221 e. The Bertz CT molecular complexity index is 428. The van der Waals surface area contributed by atoms with E-state index in [2.05, 4.69) is 5.32 Å². The van der Waals surface area contributed by atoms with Crippen LogP contribution in [0.4, 0.5) is 5.69 Å². The predicted molar refractivity (Wildman–Crippen MR) is 73.7 cm³/mol. The molecule has 0 radical (unpaired) electrons. The van der Waals surface area contributed by atoms with Crippen molar-refractivity contribution >= 4 is 11.6 Å². The van der Waals surface area contributed by atoms with Gasteiger partial charge in [0.1, 0.15) is 5.75 Å². The van der Waals surface area contributed by atoms with Crippen molar-refractivity contribution in [1.82, 2.24) is 0 Å². The first-order valence-electron chi connectivity index (χ1n) is 6.24. The Morgan fingerprint density at radius 2 is 2.11 bits per heavy atom. The van der Waals surface area contributed by atoms with E-state index in [1.807, 2.05) is 39.0 Å². The zero-order chi connectivity index (χ0) is 13.8. The molecule has 0 aliphatic rings. The molecule has 4 heteroatoms. The van der Waals surface area contributed by atoms with Crippen molar-refractivity contribution in [3.05, 3.63) is 23.8 Å². The van der Waals surface area contributed by atoms with Gasteiger partial charge >= 0.3 is 0 Å². The van der Waals surface area contributed by atoms with E-state index in [-0.39, 0.29) is 5.91 Å². The van der Waals surface area contributed by atoms with Gasteiger partial charge in [-0.1, -0.05) is 13.0 Å². The highest BCUT2D eigenvalue weighted by Crippen LogP contribution is 2.31. The van der Waals surface area contributed by atoms with Crippen LogP contribution >= 0.6 is 0 Å². The van der Waals surface area contributed by atoms with Crippen LogP contribution in [0.3, 0.4) is 0 Å². The van der Waals surface area contributed by atoms with Crippen molar-refractivity contribution < 1.29 is 9.53 Å². The summed E-state index contributed by atoms with van der Waals surface area (Å²) >= 11 is 0. The van der Waals surface area contributed by atoms with Gasteiger partial charge in [0.05, 0.1) is 12.3 Å². The van der Waals surface area contributed by atoms with Gasteiger partial charge in [0.25, 0.3) is 0 Å². The van der Waals surface area contributed by atoms with Gasteiger partial charge in [-0.25, -0.2) is 0 Å². The van der Waals surface area contributed by atoms with Crippen molar-refractivity contribution in [1.29, 1.82) is 0 Å². The number of nitrogens with two attached hydrogens (primary N) is 1. The standard InChI is InChI=1S/C14H22N2O2/c1-5-14(4,15)11-7-8-13(18-6-2)12(9-11)16-10(3)17/h7-9H,5-6,15H2,1-4H3,(H,16,17). The number of benzene rings is 1. The third-order valence-electron chi connectivity index (χ3n) is 2.98. The number of hydrogen-bond acceptors (Lipinski definition) is 3. The highest BCUT2D eigenvalue weighted by Gasteiger charge is 2.20. The van der Waals surface area contributed by atoms with E-state index >= 15 is 0 Å². The van der Waals surface area contributed by atoms with Gasteiger partial charge in [-0.3, -0.25) is 4.79 Å². The fraction of sp³-hybridized carbons (Fsp3) is 0.500. The number of anilines is 1. The number of carbonyl (C=O) groups excluding carboxylic acids is 1. The average Bonchev–Trinajstić information content (AvgIpc) is 2.31. The third-order valence-corrected chi connectivity index (χ3v) is 2.98. The summed E-state index contributed by atoms with van der Waals surface area (Å²) in [4.78, 5) is 11.2. The van der Waals surface area contributed by atoms with E-state index in [4.69, 9.17) is 10.5 Å². The molecular formula is C14H22N2O2. The quantitative estimate of drug-likeness (QED) is 0.844. The number of carbonyl (C=O) groups is 1. The molecular weight excluding hydrogens is 228 g/mol. The van der Waals surface area contributed by atoms with Crippen LogP contribution in [-0.2, 0) is 10.3 Å². The number of nitrogens with one attached hydrogen (secondary N) is 1. The lowest BCUT2D eigenvalue weighted by atomic mass is 9.90. The minimum Gasteiger partial charge on any atom is -0.492 e. The minimum absolute atomic E-state index is 0.122. The molecule has 0 fully saturated rings. The summed E-state index contributed by atoms with van der Waals surface area (Å²) in [6.07, 6.45) is 0.820. The van der Waals surface area contributed by atoms with E-state index in [1.165, 1.54) is 6.92 Å². The van der Waals surface area contributed by atoms with E-state index in [0.29, 0.717) is 18.0 Å². The average molecular weight is 250 g/mol. The van der Waals surface area contributed by atoms with Crippen LogP contribution in [-0.4, -0.2) is 12.5 Å². The number of hydrogen-bond donors (Lipinski definition) is 2. The molecule has 0 aromatic heterocycles. The smallest absolute Gasteiger partial charge is 0.221 e. The maximum atomic E-state index is 11.2. The Morgan fingerprint density at radius 1 is 1.44 bits per heavy atom. The number of rotatable bonds is 5. The van der Waals surface area contributed by atoms with Crippen molar-refractivity contribution in [2.45, 2.75) is 39.7 Å². The van der Waals surface area contributed by atoms with Crippen molar-refractivity contribution in [3.63, 3.8) is 0 Å². The second kappa shape index (κ2) is 5.87. The third kappa shape index (κ3) is 3.47. The first-order chi connectivity index (χ1) is 8.40. The molecule has 4 nitrogen and oxygen atoms in total. The summed E-state index contributed by atoms with van der Waals surface area (Å²) in [5.41, 5.74) is 7.46. The Balaban J connectivity index is 3.16. The van der Waals surface area contributed by atoms with Gasteiger partial charge in [0, 0.05) is 12.5 Å². The zero-order valence-electron chi connectivity index (χ0n) is 11.5. The normalized spacial score (nSPS) is 13.8. The Morgan fingerprint density at radius 3 is 2.61 bits per heavy atom. The summed E-state index contributed by atoms with van der Waals surface area (Å²) in [6, 6.07) is 5.68. The monoisotopic (exact) mass is 250 g/mol. The molecule has 1 rings (SSSR count). The molecule has 0 aliphatic heterocycles. The van der Waals surface area contributed by atoms with Crippen LogP contribution in [0.2, 0.25) is 0 Å². The molecule has 100 valence electrons. The topological polar surface area (TPSA) is 64.3 Å². The van der Waals surface area contributed by atoms with Crippen LogP contribution in [0.15, 0.2) is 18.2 Å². The Hall–Kier alpha value is -1.55. The first-order valence-corrected chi connectivity index (χ1v) is 6.24. The molecule has 0 heterocycles. The summed E-state index contributed by atoms with van der Waals surface area (Å²) in [5.74, 6) is 0.548. The molecule has 1 unspecified atom stereocenters. The van der Waals surface area contributed by atoms with Crippen LogP contribution in [0.5, 0.6) is 5.75 Å². The van der Waals surface area contributed by atoms with Crippen molar-refractivity contribution in [2.24, 2.45) is 5.73 Å². The molecule has 18 heavy (non-hydrogen) atoms. The molecule has 1 atom stereocenters. The lowest BCUT2D eigenvalue weighted by Crippen LogP contribution is -2.32. The fourth-order valence-corrected chi connectivity index (χ4v) is 1.66. The van der Waals surface area contributed by atoms with Gasteiger partial charge in [-0.05, 0) is 38.0 Å². The summed E-state index contributed by atoms with van der Waals surface area (Å²) in [7, 11) is 0. The first kappa shape index (κ1) is 14.5. The van der Waals surface area contributed by atoms with E-state index in [1.54, 1.807) is 0 Å². The molecule has 1 amide bonds. The van der Waals surface area contributed by atoms with Gasteiger partial charge in [-0.2, -0.15) is 0 Å². The van der Waals surface area contributed by atoms with Crippen LogP contribution < -0.4 is 15.8 Å². The van der Waals surface area contributed by atoms with Gasteiger partial charge < -0.3 is 15.8 Å². The Labute approximate surface area is 109 Å². The van der Waals surface area contributed by atoms with Gasteiger partial charge in [0.15, 0.2) is 0 Å². The SMILES string of the molecule is CCOc1ccc(C(C)(N)CC)cc1NC(C)=O. The van der Waals surface area contributed by atoms with Gasteiger partial charge in [-0.15, -0.1) is 0 Å². The van der Waals surface area contributed by atoms with Crippen molar-refractivity contribution in [3.8, 4) is 5.75 Å². The van der Waals surface area contributed by atoms with Crippen LogP contribution in [0.25, 0.3) is 0 Å². The molecule has 0 bridgehead atoms. The Kier molecular flexibility index (Phi) is 4.73. The highest BCUT2D eigenvalue weighted by atomic mass is 16.5. The minimum atomic E-state index is -0.405. The maximum absolute atomic E-state index is 11.2. The molecule has 3 N–H and O–H groups in total. The zero-order valence-corrected chi connectivity index (χ0v) is 11.5. The van der Waals surface area contributed by atoms with Crippen LogP contribution in [0.1, 0.15) is 39.7 Å². The molecule has 0 spiro atoms. The fourth-order valence-electron chi connectivity index (χ4n) is 1.66. The van der Waals surface area contributed by atoms with Crippen LogP contribution in [0, 0.1) is 0 Å². The largest absolute Gasteiger partial charge is 0.492 e. The molecule has 0 saturated carbocycles. The van der Waals surface area contributed by atoms with E-state index in [0.717, 1.165) is 12.0 Å². The second-order valence-corrected chi connectivity index (χ2v) is 4.60. The highest BCUT2D eigenvalue weighted by molar-refractivity contribution is 5.90. The summed E-state index contributed by atoms with van der Waals surface area (Å²) in [5, 5.41) is 2.78. The van der Waals surface area contributed by atoms with Gasteiger partial charge in [0.2, 0.25) is 5.91 Å². The van der Waals surface area contributed by atoms with E-state index < -0.39 is 5.54 Å². The molecule has 1 aromatic carbocycles. The second-order valence-electron chi connectivity index (χ2n) is 4.60. The molecule has 1 aromatic rings. The summed E-state index contributed by atoms with van der Waals surface area (Å²) < 4.78 is 5.48. The lowest BCUT2D eigenvalue weighted by molar-refractivity contribution is -0.114. The van der Waals surface area contributed by atoms with E-state index in [9.17, 15) is 4.79 Å². The number of amides is 1. The number of ether oxygens (including phenoxy) is 1.